The van der Waals surface area contributed by atoms with Crippen LogP contribution in [0.15, 0.2) is 12.4 Å². The molecule has 0 amide bonds. The Balaban J connectivity index is 2.17. The molecule has 3 nitrogen and oxygen atoms in total. The van der Waals surface area contributed by atoms with E-state index in [1.54, 1.807) is 12.4 Å². The van der Waals surface area contributed by atoms with Crippen LogP contribution in [0.2, 0.25) is 10.0 Å². The van der Waals surface area contributed by atoms with Gasteiger partial charge in [-0.25, -0.2) is 0 Å². The van der Waals surface area contributed by atoms with Crippen molar-refractivity contribution in [2.24, 2.45) is 0 Å². The highest BCUT2D eigenvalue weighted by Gasteiger charge is 2.32. The van der Waals surface area contributed by atoms with Gasteiger partial charge < -0.3 is 4.74 Å². The van der Waals surface area contributed by atoms with Gasteiger partial charge in [-0.3, -0.25) is 9.88 Å². The molecule has 0 radical (unpaired) electrons. The van der Waals surface area contributed by atoms with Gasteiger partial charge in [-0.1, -0.05) is 23.2 Å². The van der Waals surface area contributed by atoms with E-state index in [9.17, 15) is 0 Å². The summed E-state index contributed by atoms with van der Waals surface area (Å²) in [6, 6.07) is 0.360. The minimum atomic E-state index is -0.126. The molecule has 0 unspecified atom stereocenters. The van der Waals surface area contributed by atoms with Gasteiger partial charge in [0, 0.05) is 37.1 Å². The van der Waals surface area contributed by atoms with Crippen LogP contribution in [0.4, 0.5) is 0 Å². The third-order valence-corrected chi connectivity index (χ3v) is 3.89. The Morgan fingerprint density at radius 2 is 2.00 bits per heavy atom. The van der Waals surface area contributed by atoms with E-state index in [0.717, 1.165) is 25.3 Å². The Bertz CT molecular complexity index is 417. The van der Waals surface area contributed by atoms with Crippen LogP contribution in [0.25, 0.3) is 0 Å². The molecule has 0 aromatic carbocycles. The zero-order chi connectivity index (χ0) is 13.3. The Labute approximate surface area is 118 Å². The van der Waals surface area contributed by atoms with Gasteiger partial charge >= 0.3 is 0 Å². The summed E-state index contributed by atoms with van der Waals surface area (Å²) >= 11 is 12.3. The van der Waals surface area contributed by atoms with Gasteiger partial charge in [-0.15, -0.1) is 0 Å². The molecule has 1 aliphatic heterocycles. The molecule has 2 heterocycles. The van der Waals surface area contributed by atoms with E-state index in [1.165, 1.54) is 0 Å². The second-order valence-corrected chi connectivity index (χ2v) is 6.22. The molecule has 2 rings (SSSR count). The predicted octanol–water partition coefficient (Wildman–Crippen LogP) is 3.39. The molecule has 0 aliphatic carbocycles. The predicted molar refractivity (Wildman–Crippen MR) is 74.2 cm³/mol. The van der Waals surface area contributed by atoms with Crippen molar-refractivity contribution in [2.75, 3.05) is 13.2 Å². The third kappa shape index (κ3) is 3.15. The minimum absolute atomic E-state index is 0.126. The summed E-state index contributed by atoms with van der Waals surface area (Å²) in [4.78, 5) is 6.32. The van der Waals surface area contributed by atoms with E-state index in [2.05, 4.69) is 30.7 Å². The highest BCUT2D eigenvalue weighted by atomic mass is 35.5. The monoisotopic (exact) mass is 288 g/mol. The third-order valence-electron chi connectivity index (χ3n) is 3.24. The molecular weight excluding hydrogens is 271 g/mol. The summed E-state index contributed by atoms with van der Waals surface area (Å²) in [7, 11) is 0. The lowest BCUT2D eigenvalue weighted by Crippen LogP contribution is -2.52. The smallest absolute Gasteiger partial charge is 0.0753 e. The largest absolute Gasteiger partial charge is 0.373 e. The summed E-state index contributed by atoms with van der Waals surface area (Å²) in [5.41, 5.74) is 0.816. The van der Waals surface area contributed by atoms with Crippen LogP contribution in [0, 0.1) is 0 Å². The molecule has 0 spiro atoms. The number of ether oxygens (including phenoxy) is 1. The quantitative estimate of drug-likeness (QED) is 0.834. The number of morpholine rings is 1. The van der Waals surface area contributed by atoms with Crippen molar-refractivity contribution >= 4 is 23.2 Å². The molecule has 0 bridgehead atoms. The molecule has 1 aromatic rings. The Kier molecular flexibility index (Phi) is 4.17. The molecule has 1 fully saturated rings. The van der Waals surface area contributed by atoms with Crippen LogP contribution >= 0.6 is 23.2 Å². The average Bonchev–Trinajstić information content (AvgIpc) is 2.28. The summed E-state index contributed by atoms with van der Waals surface area (Å²) in [5.74, 6) is 0. The van der Waals surface area contributed by atoms with Gasteiger partial charge in [0.25, 0.3) is 0 Å². The van der Waals surface area contributed by atoms with Crippen molar-refractivity contribution in [3.8, 4) is 0 Å². The van der Waals surface area contributed by atoms with Crippen LogP contribution in [-0.2, 0) is 11.3 Å². The van der Waals surface area contributed by atoms with Gasteiger partial charge in [0.15, 0.2) is 0 Å². The molecule has 100 valence electrons. The van der Waals surface area contributed by atoms with Crippen LogP contribution in [0.1, 0.15) is 26.3 Å². The first-order valence-electron chi connectivity index (χ1n) is 6.05. The van der Waals surface area contributed by atoms with Crippen molar-refractivity contribution in [3.05, 3.63) is 28.0 Å². The molecule has 1 aliphatic rings. The lowest BCUT2D eigenvalue weighted by atomic mass is 10.0. The average molecular weight is 289 g/mol. The fourth-order valence-electron chi connectivity index (χ4n) is 2.15. The lowest BCUT2D eigenvalue weighted by molar-refractivity contribution is -0.113. The maximum absolute atomic E-state index is 6.16. The molecule has 18 heavy (non-hydrogen) atoms. The van der Waals surface area contributed by atoms with Gasteiger partial charge in [-0.05, 0) is 20.8 Å². The number of aromatic nitrogens is 1. The van der Waals surface area contributed by atoms with E-state index in [0.29, 0.717) is 16.1 Å². The van der Waals surface area contributed by atoms with E-state index in [-0.39, 0.29) is 5.60 Å². The zero-order valence-corrected chi connectivity index (χ0v) is 12.4. The minimum Gasteiger partial charge on any atom is -0.373 e. The number of rotatable bonds is 2. The first-order valence-corrected chi connectivity index (χ1v) is 6.80. The number of nitrogens with zero attached hydrogens (tertiary/aromatic N) is 2. The van der Waals surface area contributed by atoms with Gasteiger partial charge in [0.2, 0.25) is 0 Å². The summed E-state index contributed by atoms with van der Waals surface area (Å²) < 4.78 is 5.79. The summed E-state index contributed by atoms with van der Waals surface area (Å²) in [6.07, 6.45) is 3.28. The van der Waals surface area contributed by atoms with Crippen LogP contribution in [0.5, 0.6) is 0 Å². The maximum atomic E-state index is 6.16. The SMILES string of the molecule is C[C@H]1COC(C)(C)CN1Cc1c(Cl)cncc1Cl. The second-order valence-electron chi connectivity index (χ2n) is 5.41. The highest BCUT2D eigenvalue weighted by molar-refractivity contribution is 6.35. The standard InChI is InChI=1S/C13H18Cl2N2O/c1-9-7-18-13(2,3)8-17(9)6-10-11(14)4-16-5-12(10)15/h4-5,9H,6-8H2,1-3H3/t9-/m0/s1. The summed E-state index contributed by atoms with van der Waals surface area (Å²) in [5, 5.41) is 1.25. The van der Waals surface area contributed by atoms with E-state index < -0.39 is 0 Å². The second kappa shape index (κ2) is 5.33. The lowest BCUT2D eigenvalue weighted by Gasteiger charge is -2.42. The summed E-state index contributed by atoms with van der Waals surface area (Å²) in [6.45, 7) is 8.67. The van der Waals surface area contributed by atoms with E-state index >= 15 is 0 Å². The topological polar surface area (TPSA) is 25.4 Å². The van der Waals surface area contributed by atoms with Crippen molar-refractivity contribution < 1.29 is 4.74 Å². The van der Waals surface area contributed by atoms with Crippen LogP contribution in [-0.4, -0.2) is 34.7 Å². The van der Waals surface area contributed by atoms with Crippen LogP contribution < -0.4 is 0 Å². The van der Waals surface area contributed by atoms with Gasteiger partial charge in [-0.2, -0.15) is 0 Å². The van der Waals surface area contributed by atoms with Crippen LogP contribution in [0.3, 0.4) is 0 Å². The fraction of sp³-hybridized carbons (Fsp3) is 0.615. The first-order chi connectivity index (χ1) is 8.39. The van der Waals surface area contributed by atoms with Gasteiger partial charge in [0.1, 0.15) is 0 Å². The van der Waals surface area contributed by atoms with Gasteiger partial charge in [0.05, 0.1) is 22.3 Å². The molecule has 1 aromatic heterocycles. The number of hydrogen-bond acceptors (Lipinski definition) is 3. The number of halogens is 2. The molecule has 0 saturated carbocycles. The molecular formula is C13H18Cl2N2O. The molecule has 1 saturated heterocycles. The normalized spacial score (nSPS) is 24.2. The Morgan fingerprint density at radius 1 is 1.39 bits per heavy atom. The first kappa shape index (κ1) is 14.1. The zero-order valence-electron chi connectivity index (χ0n) is 10.9. The van der Waals surface area contributed by atoms with Crippen molar-refractivity contribution in [1.29, 1.82) is 0 Å². The number of hydrogen-bond donors (Lipinski definition) is 0. The van der Waals surface area contributed by atoms with E-state index in [4.69, 9.17) is 27.9 Å². The highest BCUT2D eigenvalue weighted by Crippen LogP contribution is 2.28. The molecule has 1 atom stereocenters. The maximum Gasteiger partial charge on any atom is 0.0753 e. The van der Waals surface area contributed by atoms with Crippen molar-refractivity contribution in [1.82, 2.24) is 9.88 Å². The molecule has 0 N–H and O–H groups in total. The fourth-order valence-corrected chi connectivity index (χ4v) is 2.63. The molecule has 5 heteroatoms. The van der Waals surface area contributed by atoms with Crippen molar-refractivity contribution in [3.63, 3.8) is 0 Å². The Hall–Kier alpha value is -0.350. The number of pyridine rings is 1. The Morgan fingerprint density at radius 3 is 2.61 bits per heavy atom. The van der Waals surface area contributed by atoms with Crippen molar-refractivity contribution in [2.45, 2.75) is 39.0 Å². The van der Waals surface area contributed by atoms with E-state index in [1.807, 2.05) is 0 Å².